The van der Waals surface area contributed by atoms with Crippen molar-refractivity contribution in [3.8, 4) is 0 Å². The molecule has 1 atom stereocenters. The summed E-state index contributed by atoms with van der Waals surface area (Å²) in [6, 6.07) is 9.56. The van der Waals surface area contributed by atoms with Gasteiger partial charge in [0.05, 0.1) is 5.75 Å². The van der Waals surface area contributed by atoms with Crippen molar-refractivity contribution in [3.63, 3.8) is 0 Å². The van der Waals surface area contributed by atoms with Crippen LogP contribution in [0.4, 0.5) is 5.69 Å². The molecule has 1 aliphatic rings. The maximum absolute atomic E-state index is 12.3. The van der Waals surface area contributed by atoms with E-state index in [-0.39, 0.29) is 5.91 Å². The number of aryl methyl sites for hydroxylation is 2. The smallest absolute Gasteiger partial charge is 0.234 e. The number of anilines is 1. The monoisotopic (exact) mass is 383 g/mol. The number of nitrogens with zero attached hydrogens (tertiary/aromatic N) is 2. The van der Waals surface area contributed by atoms with Crippen LogP contribution < -0.4 is 5.32 Å². The Hall–Kier alpha value is -1.92. The van der Waals surface area contributed by atoms with Crippen molar-refractivity contribution in [2.24, 2.45) is 5.92 Å². The first kappa shape index (κ1) is 17.5. The topological polar surface area (TPSA) is 54.9 Å². The van der Waals surface area contributed by atoms with Gasteiger partial charge in [-0.1, -0.05) is 36.9 Å². The van der Waals surface area contributed by atoms with Gasteiger partial charge in [0.2, 0.25) is 5.91 Å². The van der Waals surface area contributed by atoms with Gasteiger partial charge in [0.25, 0.3) is 0 Å². The summed E-state index contributed by atoms with van der Waals surface area (Å²) in [4.78, 5) is 24.1. The van der Waals surface area contributed by atoms with E-state index in [0.717, 1.165) is 40.1 Å². The third-order valence-electron chi connectivity index (χ3n) is 4.63. The first-order valence-electron chi connectivity index (χ1n) is 8.86. The maximum Gasteiger partial charge on any atom is 0.234 e. The van der Waals surface area contributed by atoms with E-state index < -0.39 is 0 Å². The van der Waals surface area contributed by atoms with Crippen LogP contribution in [0.15, 0.2) is 35.4 Å². The largest absolute Gasteiger partial charge is 0.325 e. The number of rotatable bonds is 4. The van der Waals surface area contributed by atoms with Crippen LogP contribution in [0.1, 0.15) is 29.6 Å². The van der Waals surface area contributed by atoms with Gasteiger partial charge >= 0.3 is 0 Å². The fourth-order valence-electron chi connectivity index (χ4n) is 3.37. The molecule has 0 radical (unpaired) electrons. The fraction of sp³-hybridized carbons (Fsp3) is 0.350. The summed E-state index contributed by atoms with van der Waals surface area (Å²) in [5.41, 5.74) is 2.23. The Labute approximate surface area is 161 Å². The maximum atomic E-state index is 12.3. The van der Waals surface area contributed by atoms with Crippen LogP contribution in [0.5, 0.6) is 0 Å². The van der Waals surface area contributed by atoms with E-state index in [1.807, 2.05) is 37.3 Å². The second-order valence-electron chi connectivity index (χ2n) is 6.81. The average Bonchev–Trinajstić information content (AvgIpc) is 2.97. The van der Waals surface area contributed by atoms with Crippen molar-refractivity contribution in [2.45, 2.75) is 38.1 Å². The van der Waals surface area contributed by atoms with Crippen LogP contribution in [0, 0.1) is 12.8 Å². The van der Waals surface area contributed by atoms with Gasteiger partial charge in [-0.05, 0) is 49.8 Å². The Bertz CT molecular complexity index is 953. The van der Waals surface area contributed by atoms with E-state index in [9.17, 15) is 4.79 Å². The van der Waals surface area contributed by atoms with Crippen molar-refractivity contribution in [2.75, 3.05) is 11.1 Å². The molecule has 1 aliphatic carbocycles. The third kappa shape index (κ3) is 3.62. The highest BCUT2D eigenvalue weighted by Crippen LogP contribution is 2.40. The molecule has 0 unspecified atom stereocenters. The molecule has 1 amide bonds. The lowest BCUT2D eigenvalue weighted by molar-refractivity contribution is -0.113. The molecule has 0 bridgehead atoms. The van der Waals surface area contributed by atoms with Gasteiger partial charge in [-0.3, -0.25) is 4.79 Å². The zero-order valence-electron chi connectivity index (χ0n) is 14.9. The minimum atomic E-state index is -0.0108. The third-order valence-corrected chi connectivity index (χ3v) is 6.75. The molecular formula is C20H21N3OS2. The Morgan fingerprint density at radius 1 is 1.31 bits per heavy atom. The first-order chi connectivity index (χ1) is 12.6. The lowest BCUT2D eigenvalue weighted by atomic mass is 9.89. The molecule has 2 heterocycles. The highest BCUT2D eigenvalue weighted by molar-refractivity contribution is 8.00. The molecule has 1 aromatic carbocycles. The highest BCUT2D eigenvalue weighted by Gasteiger charge is 2.24. The fourth-order valence-corrected chi connectivity index (χ4v) is 5.76. The van der Waals surface area contributed by atoms with Gasteiger partial charge in [-0.2, -0.15) is 0 Å². The normalized spacial score (nSPS) is 16.5. The number of fused-ring (bicyclic) bond motifs is 3. The zero-order valence-corrected chi connectivity index (χ0v) is 16.5. The summed E-state index contributed by atoms with van der Waals surface area (Å²) in [6.07, 6.45) is 3.44. The Kier molecular flexibility index (Phi) is 4.96. The second kappa shape index (κ2) is 7.37. The first-order valence-corrected chi connectivity index (χ1v) is 10.7. The number of benzene rings is 1. The van der Waals surface area contributed by atoms with Gasteiger partial charge in [-0.25, -0.2) is 9.97 Å². The van der Waals surface area contributed by atoms with Crippen LogP contribution in [0.25, 0.3) is 10.2 Å². The quantitative estimate of drug-likeness (QED) is 0.517. The lowest BCUT2D eigenvalue weighted by Gasteiger charge is -2.18. The number of carbonyl (C=O) groups excluding carboxylic acids is 1. The minimum Gasteiger partial charge on any atom is -0.325 e. The molecule has 1 N–H and O–H groups in total. The van der Waals surface area contributed by atoms with Gasteiger partial charge in [0, 0.05) is 16.0 Å². The van der Waals surface area contributed by atoms with Crippen LogP contribution in [-0.4, -0.2) is 21.6 Å². The molecule has 26 heavy (non-hydrogen) atoms. The van der Waals surface area contributed by atoms with Crippen LogP contribution in [0.2, 0.25) is 0 Å². The van der Waals surface area contributed by atoms with Crippen molar-refractivity contribution in [1.29, 1.82) is 0 Å². The van der Waals surface area contributed by atoms with Gasteiger partial charge in [0.15, 0.2) is 0 Å². The van der Waals surface area contributed by atoms with Crippen molar-refractivity contribution in [1.82, 2.24) is 9.97 Å². The van der Waals surface area contributed by atoms with Crippen molar-refractivity contribution in [3.05, 3.63) is 46.6 Å². The SMILES string of the molecule is Cc1nc(SCC(=O)Nc2ccccc2)c2c3c(sc2n1)C[C@@H](C)CC3. The van der Waals surface area contributed by atoms with Crippen molar-refractivity contribution >= 4 is 44.9 Å². The van der Waals surface area contributed by atoms with Crippen LogP contribution in [0.3, 0.4) is 0 Å². The summed E-state index contributed by atoms with van der Waals surface area (Å²) < 4.78 is 0. The van der Waals surface area contributed by atoms with E-state index in [2.05, 4.69) is 22.2 Å². The van der Waals surface area contributed by atoms with E-state index in [1.165, 1.54) is 34.0 Å². The molecule has 0 fully saturated rings. The van der Waals surface area contributed by atoms with E-state index in [1.54, 1.807) is 11.3 Å². The lowest BCUT2D eigenvalue weighted by Crippen LogP contribution is -2.14. The number of nitrogens with one attached hydrogen (secondary N) is 1. The molecule has 134 valence electrons. The number of hydrogen-bond donors (Lipinski definition) is 1. The predicted molar refractivity (Wildman–Crippen MR) is 109 cm³/mol. The summed E-state index contributed by atoms with van der Waals surface area (Å²) in [6.45, 7) is 4.24. The predicted octanol–water partition coefficient (Wildman–Crippen LogP) is 4.86. The summed E-state index contributed by atoms with van der Waals surface area (Å²) in [5, 5.41) is 5.06. The molecule has 0 aliphatic heterocycles. The van der Waals surface area contributed by atoms with E-state index >= 15 is 0 Å². The number of aromatic nitrogens is 2. The number of thioether (sulfide) groups is 1. The molecule has 0 saturated carbocycles. The van der Waals surface area contributed by atoms with Gasteiger partial charge < -0.3 is 5.32 Å². The Morgan fingerprint density at radius 2 is 2.12 bits per heavy atom. The van der Waals surface area contributed by atoms with Crippen molar-refractivity contribution < 1.29 is 4.79 Å². The van der Waals surface area contributed by atoms with Gasteiger partial charge in [-0.15, -0.1) is 11.3 Å². The second-order valence-corrected chi connectivity index (χ2v) is 8.86. The number of amides is 1. The van der Waals surface area contributed by atoms with Crippen LogP contribution in [-0.2, 0) is 17.6 Å². The molecule has 6 heteroatoms. The summed E-state index contributed by atoms with van der Waals surface area (Å²) in [7, 11) is 0. The number of carbonyl (C=O) groups is 1. The Morgan fingerprint density at radius 3 is 2.92 bits per heavy atom. The summed E-state index contributed by atoms with van der Waals surface area (Å²) >= 11 is 3.32. The van der Waals surface area contributed by atoms with Crippen LogP contribution >= 0.6 is 23.1 Å². The molecular weight excluding hydrogens is 362 g/mol. The zero-order chi connectivity index (χ0) is 18.1. The number of thiophene rings is 1. The molecule has 4 rings (SSSR count). The average molecular weight is 384 g/mol. The molecule has 4 nitrogen and oxygen atoms in total. The van der Waals surface area contributed by atoms with Gasteiger partial charge in [0.1, 0.15) is 15.7 Å². The molecule has 0 spiro atoms. The number of para-hydroxylation sites is 1. The summed E-state index contributed by atoms with van der Waals surface area (Å²) in [5.74, 6) is 1.84. The minimum absolute atomic E-state index is 0.0108. The van der Waals surface area contributed by atoms with E-state index in [4.69, 9.17) is 0 Å². The highest BCUT2D eigenvalue weighted by atomic mass is 32.2. The number of hydrogen-bond acceptors (Lipinski definition) is 5. The Balaban J connectivity index is 1.57. The molecule has 0 saturated heterocycles. The standard InChI is InChI=1S/C20H21N3OS2/c1-12-8-9-15-16(10-12)26-20-18(15)19(21-13(2)22-20)25-11-17(24)23-14-6-4-3-5-7-14/h3-7,12H,8-11H2,1-2H3,(H,23,24)/t12-/m0/s1. The molecule has 2 aromatic heterocycles. The molecule has 3 aromatic rings. The van der Waals surface area contributed by atoms with E-state index in [0.29, 0.717) is 5.75 Å².